The number of benzene rings is 1. The number of hydrogen-bond acceptors (Lipinski definition) is 2. The van der Waals surface area contributed by atoms with E-state index in [1.54, 1.807) is 0 Å². The zero-order valence-corrected chi connectivity index (χ0v) is 12.4. The van der Waals surface area contributed by atoms with Crippen LogP contribution in [0.3, 0.4) is 0 Å². The Hall–Kier alpha value is -0.880. The van der Waals surface area contributed by atoms with E-state index < -0.39 is 8.03 Å². The molecule has 18 heavy (non-hydrogen) atoms. The first-order chi connectivity index (χ1) is 8.74. The van der Waals surface area contributed by atoms with Gasteiger partial charge < -0.3 is 0 Å². The minimum absolute atomic E-state index is 0.676. The van der Waals surface area contributed by atoms with Crippen LogP contribution < -0.4 is 4.52 Å². The molecule has 0 heterocycles. The molecule has 1 atom stereocenters. The van der Waals surface area contributed by atoms with E-state index >= 15 is 0 Å². The molecule has 100 valence electrons. The molecule has 0 saturated heterocycles. The van der Waals surface area contributed by atoms with Crippen molar-refractivity contribution in [2.24, 2.45) is 0 Å². The summed E-state index contributed by atoms with van der Waals surface area (Å²) in [7, 11) is -1.55. The molecule has 0 aromatic heterocycles. The molecular formula is C15H24O2P+. The van der Waals surface area contributed by atoms with Crippen molar-refractivity contribution in [2.75, 3.05) is 6.16 Å². The highest BCUT2D eigenvalue weighted by Crippen LogP contribution is 2.30. The van der Waals surface area contributed by atoms with Gasteiger partial charge in [0.2, 0.25) is 0 Å². The van der Waals surface area contributed by atoms with Crippen LogP contribution in [-0.4, -0.2) is 6.16 Å². The summed E-state index contributed by atoms with van der Waals surface area (Å²) in [5, 5.41) is 0. The lowest BCUT2D eigenvalue weighted by Gasteiger charge is -1.98. The molecule has 0 aliphatic heterocycles. The molecule has 3 heteroatoms. The van der Waals surface area contributed by atoms with Crippen LogP contribution in [0.15, 0.2) is 24.3 Å². The van der Waals surface area contributed by atoms with E-state index in [0.29, 0.717) is 6.16 Å². The summed E-state index contributed by atoms with van der Waals surface area (Å²) < 4.78 is 17.3. The quantitative estimate of drug-likeness (QED) is 0.437. The molecule has 1 rings (SSSR count). The molecule has 0 amide bonds. The third-order valence-electron chi connectivity index (χ3n) is 2.99. The Morgan fingerprint density at radius 1 is 1.06 bits per heavy atom. The maximum Gasteiger partial charge on any atom is 0.556 e. The molecule has 0 spiro atoms. The standard InChI is InChI=1S/C15H24O2P/c1-3-4-5-6-7-10-13-18(16)17-15-12-9-8-11-14(15)2/h8-9,11-12H,3-7,10,13H2,1-2H3/q+1. The van der Waals surface area contributed by atoms with Gasteiger partial charge in [0.05, 0.1) is 0 Å². The van der Waals surface area contributed by atoms with Crippen LogP contribution in [0.5, 0.6) is 5.75 Å². The van der Waals surface area contributed by atoms with Crippen LogP contribution in [0.4, 0.5) is 0 Å². The molecule has 0 aliphatic carbocycles. The minimum Gasteiger partial charge on any atom is -0.254 e. The van der Waals surface area contributed by atoms with Gasteiger partial charge in [0.1, 0.15) is 0 Å². The van der Waals surface area contributed by atoms with Gasteiger partial charge in [0.25, 0.3) is 0 Å². The first kappa shape index (κ1) is 15.2. The number of hydrogen-bond donors (Lipinski definition) is 0. The summed E-state index contributed by atoms with van der Waals surface area (Å²) in [6.07, 6.45) is 7.97. The average molecular weight is 267 g/mol. The van der Waals surface area contributed by atoms with Crippen molar-refractivity contribution in [1.29, 1.82) is 0 Å². The van der Waals surface area contributed by atoms with Gasteiger partial charge in [-0.1, -0.05) is 50.8 Å². The first-order valence-corrected chi connectivity index (χ1v) is 8.28. The van der Waals surface area contributed by atoms with Gasteiger partial charge in [-0.2, -0.15) is 0 Å². The van der Waals surface area contributed by atoms with E-state index in [1.807, 2.05) is 31.2 Å². The third kappa shape index (κ3) is 6.16. The predicted octanol–water partition coefficient (Wildman–Crippen LogP) is 5.48. The van der Waals surface area contributed by atoms with Gasteiger partial charge in [0, 0.05) is 0 Å². The Morgan fingerprint density at radius 2 is 1.72 bits per heavy atom. The normalized spacial score (nSPS) is 11.3. The summed E-state index contributed by atoms with van der Waals surface area (Å²) in [5.41, 5.74) is 1.05. The van der Waals surface area contributed by atoms with Crippen molar-refractivity contribution in [3.63, 3.8) is 0 Å². The first-order valence-electron chi connectivity index (χ1n) is 6.92. The summed E-state index contributed by atoms with van der Waals surface area (Å²) >= 11 is 0. The maximum atomic E-state index is 11.8. The second-order valence-corrected chi connectivity index (χ2v) is 5.98. The van der Waals surface area contributed by atoms with Crippen molar-refractivity contribution in [3.8, 4) is 5.75 Å². The summed E-state index contributed by atoms with van der Waals surface area (Å²) in [5.74, 6) is 0.754. The highest BCUT2D eigenvalue weighted by molar-refractivity contribution is 7.39. The molecule has 0 saturated carbocycles. The molecule has 1 unspecified atom stereocenters. The molecule has 2 nitrogen and oxygen atoms in total. The predicted molar refractivity (Wildman–Crippen MR) is 77.7 cm³/mol. The van der Waals surface area contributed by atoms with E-state index in [9.17, 15) is 4.57 Å². The largest absolute Gasteiger partial charge is 0.556 e. The van der Waals surface area contributed by atoms with Crippen LogP contribution in [-0.2, 0) is 4.57 Å². The van der Waals surface area contributed by atoms with Gasteiger partial charge in [0.15, 0.2) is 11.9 Å². The topological polar surface area (TPSA) is 26.3 Å². The molecule has 0 N–H and O–H groups in total. The average Bonchev–Trinajstić information content (AvgIpc) is 2.36. The van der Waals surface area contributed by atoms with Crippen LogP contribution in [0.2, 0.25) is 0 Å². The minimum atomic E-state index is -1.55. The highest BCUT2D eigenvalue weighted by Gasteiger charge is 2.18. The van der Waals surface area contributed by atoms with Crippen molar-refractivity contribution >= 4 is 8.03 Å². The Kier molecular flexibility index (Phi) is 7.68. The lowest BCUT2D eigenvalue weighted by atomic mass is 10.1. The fraction of sp³-hybridized carbons (Fsp3) is 0.600. The maximum absolute atomic E-state index is 11.8. The molecule has 0 aliphatic rings. The van der Waals surface area contributed by atoms with Gasteiger partial charge in [-0.05, 0) is 36.0 Å². The monoisotopic (exact) mass is 267 g/mol. The van der Waals surface area contributed by atoms with Crippen molar-refractivity contribution in [1.82, 2.24) is 0 Å². The molecule has 1 aromatic rings. The van der Waals surface area contributed by atoms with Gasteiger partial charge in [-0.25, -0.2) is 0 Å². The smallest absolute Gasteiger partial charge is 0.254 e. The van der Waals surface area contributed by atoms with E-state index in [4.69, 9.17) is 4.52 Å². The van der Waals surface area contributed by atoms with E-state index in [0.717, 1.165) is 24.2 Å². The number of rotatable bonds is 9. The van der Waals surface area contributed by atoms with Crippen molar-refractivity contribution in [3.05, 3.63) is 29.8 Å². The van der Waals surface area contributed by atoms with Crippen molar-refractivity contribution in [2.45, 2.75) is 52.4 Å². The lowest BCUT2D eigenvalue weighted by Crippen LogP contribution is -1.89. The highest BCUT2D eigenvalue weighted by atomic mass is 31.1. The summed E-state index contributed by atoms with van der Waals surface area (Å²) in [4.78, 5) is 0. The lowest BCUT2D eigenvalue weighted by molar-refractivity contribution is 0.499. The van der Waals surface area contributed by atoms with Crippen LogP contribution in [0.25, 0.3) is 0 Å². The number of aryl methyl sites for hydroxylation is 1. The van der Waals surface area contributed by atoms with Crippen molar-refractivity contribution < 1.29 is 9.09 Å². The summed E-state index contributed by atoms with van der Waals surface area (Å²) in [6, 6.07) is 7.73. The third-order valence-corrected chi connectivity index (χ3v) is 4.07. The fourth-order valence-electron chi connectivity index (χ4n) is 1.84. The van der Waals surface area contributed by atoms with Crippen LogP contribution in [0, 0.1) is 6.92 Å². The molecule has 0 fully saturated rings. The van der Waals surface area contributed by atoms with E-state index in [-0.39, 0.29) is 0 Å². The van der Waals surface area contributed by atoms with Crippen LogP contribution in [0.1, 0.15) is 51.0 Å². The molecule has 0 bridgehead atoms. The second kappa shape index (κ2) is 9.10. The second-order valence-electron chi connectivity index (χ2n) is 4.68. The Balaban J connectivity index is 2.16. The van der Waals surface area contributed by atoms with E-state index in [2.05, 4.69) is 6.92 Å². The zero-order chi connectivity index (χ0) is 13.2. The van der Waals surface area contributed by atoms with Gasteiger partial charge >= 0.3 is 8.03 Å². The van der Waals surface area contributed by atoms with Gasteiger partial charge in [-0.3, -0.25) is 4.52 Å². The Bertz CT molecular complexity index is 363. The molecule has 0 radical (unpaired) electrons. The van der Waals surface area contributed by atoms with Gasteiger partial charge in [-0.15, -0.1) is 0 Å². The molecule has 1 aromatic carbocycles. The van der Waals surface area contributed by atoms with E-state index in [1.165, 1.54) is 25.7 Å². The summed E-state index contributed by atoms with van der Waals surface area (Å²) in [6.45, 7) is 4.19. The Labute approximate surface area is 112 Å². The fourth-order valence-corrected chi connectivity index (χ4v) is 2.83. The number of para-hydroxylation sites is 1. The molecular weight excluding hydrogens is 243 g/mol. The number of unbranched alkanes of at least 4 members (excludes halogenated alkanes) is 5. The van der Waals surface area contributed by atoms with Crippen LogP contribution >= 0.6 is 8.03 Å². The Morgan fingerprint density at radius 3 is 2.44 bits per heavy atom. The zero-order valence-electron chi connectivity index (χ0n) is 11.5. The SMILES string of the molecule is CCCCCCCC[P+](=O)Oc1ccccc1C.